The van der Waals surface area contributed by atoms with Gasteiger partial charge in [-0.3, -0.25) is 4.79 Å². The Labute approximate surface area is 186 Å². The van der Waals surface area contributed by atoms with E-state index in [1.54, 1.807) is 4.57 Å². The zero-order chi connectivity index (χ0) is 18.8. The molecule has 1 atom stereocenters. The molecule has 7 heteroatoms. The maximum absolute atomic E-state index is 13.2. The van der Waals surface area contributed by atoms with Crippen molar-refractivity contribution in [1.29, 1.82) is 0 Å². The molecule has 0 spiro atoms. The van der Waals surface area contributed by atoms with E-state index < -0.39 is 11.6 Å². The minimum atomic E-state index is -1.26. The average molecular weight is 450 g/mol. The zero-order valence-corrected chi connectivity index (χ0v) is 18.5. The molecule has 28 heavy (non-hydrogen) atoms. The Morgan fingerprint density at radius 3 is 2.86 bits per heavy atom. The predicted molar refractivity (Wildman–Crippen MR) is 98.2 cm³/mol. The normalized spacial score (nSPS) is 19.4. The number of esters is 1. The van der Waals surface area contributed by atoms with Crippen molar-refractivity contribution in [2.24, 2.45) is 0 Å². The van der Waals surface area contributed by atoms with E-state index in [0.717, 1.165) is 22.2 Å². The van der Waals surface area contributed by atoms with Gasteiger partial charge in [-0.05, 0) is 18.0 Å². The third-order valence-electron chi connectivity index (χ3n) is 5.63. The molecule has 5 rings (SSSR count). The molecule has 0 amide bonds. The number of pyridine rings is 2. The standard InChI is InChI=1S/C21H17N2O4.Y/c1-3-21(26-2)15-9-17-18-13(8-12-6-4-5-7-16(12)22-18)10-23(17)19(24)14(15)11-27-20(21)25;/h4-7,9H,3,10-11H2,1-2H3;/q-1;. The Hall–Kier alpha value is -1.89. The molecule has 2 aliphatic heterocycles. The maximum Gasteiger partial charge on any atom is 0.343 e. The number of hydrogen-bond acceptors (Lipinski definition) is 5. The van der Waals surface area contributed by atoms with Crippen molar-refractivity contribution in [3.63, 3.8) is 0 Å². The summed E-state index contributed by atoms with van der Waals surface area (Å²) < 4.78 is 12.6. The summed E-state index contributed by atoms with van der Waals surface area (Å²) in [5.74, 6) is -0.458. The molecule has 0 aliphatic carbocycles. The van der Waals surface area contributed by atoms with Gasteiger partial charge in [-0.25, -0.2) is 4.79 Å². The van der Waals surface area contributed by atoms with E-state index >= 15 is 0 Å². The second kappa shape index (κ2) is 6.87. The summed E-state index contributed by atoms with van der Waals surface area (Å²) in [6.45, 7) is 2.22. The van der Waals surface area contributed by atoms with Crippen molar-refractivity contribution >= 4 is 16.9 Å². The molecule has 1 aromatic carbocycles. The molecule has 0 N–H and O–H groups in total. The topological polar surface area (TPSA) is 70.4 Å². The Bertz CT molecular complexity index is 1180. The first-order chi connectivity index (χ1) is 13.1. The minimum absolute atomic E-state index is 0. The van der Waals surface area contributed by atoms with E-state index in [2.05, 4.69) is 6.07 Å². The molecule has 1 radical (unpaired) electrons. The molecule has 0 fully saturated rings. The fourth-order valence-electron chi connectivity index (χ4n) is 4.15. The first-order valence-electron chi connectivity index (χ1n) is 8.90. The summed E-state index contributed by atoms with van der Waals surface area (Å²) in [5.41, 5.74) is 2.75. The van der Waals surface area contributed by atoms with Crippen LogP contribution in [0.4, 0.5) is 0 Å². The molecular weight excluding hydrogens is 433 g/mol. The van der Waals surface area contributed by atoms with Gasteiger partial charge >= 0.3 is 5.97 Å². The number of carbonyl (C=O) groups excluding carboxylic acids is 1. The quantitative estimate of drug-likeness (QED) is 0.347. The number of ether oxygens (including phenoxy) is 2. The van der Waals surface area contributed by atoms with Crippen molar-refractivity contribution in [2.75, 3.05) is 7.11 Å². The third kappa shape index (κ3) is 2.48. The number of carbonyl (C=O) groups is 1. The number of fused-ring (bicyclic) bond motifs is 5. The molecule has 1 unspecified atom stereocenters. The smallest absolute Gasteiger partial charge is 0.343 e. The Morgan fingerprint density at radius 2 is 2.11 bits per heavy atom. The summed E-state index contributed by atoms with van der Waals surface area (Å²) in [5, 5.41) is 0.917. The number of benzene rings is 1. The van der Waals surface area contributed by atoms with Crippen molar-refractivity contribution in [3.8, 4) is 11.4 Å². The predicted octanol–water partition coefficient (Wildman–Crippen LogP) is 2.53. The van der Waals surface area contributed by atoms with Crippen molar-refractivity contribution < 1.29 is 47.0 Å². The van der Waals surface area contributed by atoms with Gasteiger partial charge < -0.3 is 19.0 Å². The van der Waals surface area contributed by atoms with Crippen LogP contribution in [-0.2, 0) is 65.7 Å². The van der Waals surface area contributed by atoms with E-state index in [-0.39, 0.29) is 44.9 Å². The maximum atomic E-state index is 13.2. The molecule has 2 aromatic heterocycles. The number of aromatic nitrogens is 2. The minimum Gasteiger partial charge on any atom is -0.458 e. The molecule has 0 bridgehead atoms. The van der Waals surface area contributed by atoms with Crippen LogP contribution in [-0.4, -0.2) is 22.6 Å². The van der Waals surface area contributed by atoms with Crippen LogP contribution >= 0.6 is 0 Å². The SMILES string of the molecule is CCC1(OC)C(=O)OCc2c1cc1n(c2=O)Cc2[c-]c3ccccc3nc2-1.[Y]. The summed E-state index contributed by atoms with van der Waals surface area (Å²) >= 11 is 0. The second-order valence-corrected chi connectivity index (χ2v) is 6.86. The fourth-order valence-corrected chi connectivity index (χ4v) is 4.15. The van der Waals surface area contributed by atoms with Crippen LogP contribution in [0.2, 0.25) is 0 Å². The van der Waals surface area contributed by atoms with E-state index in [0.29, 0.717) is 29.8 Å². The van der Waals surface area contributed by atoms with Crippen LogP contribution in [0.1, 0.15) is 30.0 Å². The largest absolute Gasteiger partial charge is 0.458 e. The molecule has 3 aromatic rings. The summed E-state index contributed by atoms with van der Waals surface area (Å²) in [4.78, 5) is 30.4. The fraction of sp³-hybridized carbons (Fsp3) is 0.286. The van der Waals surface area contributed by atoms with Crippen molar-refractivity contribution in [1.82, 2.24) is 9.55 Å². The molecule has 6 nitrogen and oxygen atoms in total. The van der Waals surface area contributed by atoms with Crippen LogP contribution in [0.5, 0.6) is 0 Å². The Kier molecular flexibility index (Phi) is 4.77. The van der Waals surface area contributed by atoms with E-state index in [4.69, 9.17) is 14.5 Å². The van der Waals surface area contributed by atoms with Gasteiger partial charge in [0.2, 0.25) is 0 Å². The first-order valence-corrected chi connectivity index (χ1v) is 8.90. The number of nitrogens with zero attached hydrogens (tertiary/aromatic N) is 2. The molecule has 139 valence electrons. The molecule has 0 saturated heterocycles. The van der Waals surface area contributed by atoms with Crippen LogP contribution < -0.4 is 5.56 Å². The van der Waals surface area contributed by atoms with Gasteiger partial charge in [-0.1, -0.05) is 24.6 Å². The van der Waals surface area contributed by atoms with Crippen LogP contribution in [0.25, 0.3) is 22.3 Å². The second-order valence-electron chi connectivity index (χ2n) is 6.86. The van der Waals surface area contributed by atoms with E-state index in [1.807, 2.05) is 37.3 Å². The van der Waals surface area contributed by atoms with Gasteiger partial charge in [-0.2, -0.15) is 0 Å². The van der Waals surface area contributed by atoms with Gasteiger partial charge in [0.1, 0.15) is 6.61 Å². The van der Waals surface area contributed by atoms with Crippen LogP contribution in [0, 0.1) is 6.07 Å². The van der Waals surface area contributed by atoms with Crippen LogP contribution in [0.15, 0.2) is 35.1 Å². The molecule has 0 saturated carbocycles. The monoisotopic (exact) mass is 450 g/mol. The first kappa shape index (κ1) is 19.4. The summed E-state index contributed by atoms with van der Waals surface area (Å²) in [6.07, 6.45) is 0.377. The number of hydrogen-bond donors (Lipinski definition) is 0. The van der Waals surface area contributed by atoms with Gasteiger partial charge in [0.05, 0.1) is 5.56 Å². The number of rotatable bonds is 2. The Morgan fingerprint density at radius 1 is 1.32 bits per heavy atom. The third-order valence-corrected chi connectivity index (χ3v) is 5.63. The van der Waals surface area contributed by atoms with E-state index in [9.17, 15) is 9.59 Å². The average Bonchev–Trinajstić information content (AvgIpc) is 3.05. The molecule has 2 aliphatic rings. The van der Waals surface area contributed by atoms with Gasteiger partial charge in [-0.15, -0.1) is 23.6 Å². The Balaban J connectivity index is 0.00000192. The number of cyclic esters (lactones) is 1. The van der Waals surface area contributed by atoms with Gasteiger partial charge in [0.25, 0.3) is 5.56 Å². The zero-order valence-electron chi connectivity index (χ0n) is 15.6. The van der Waals surface area contributed by atoms with Crippen molar-refractivity contribution in [2.45, 2.75) is 32.1 Å². The summed E-state index contributed by atoms with van der Waals surface area (Å²) in [6, 6.07) is 13.0. The van der Waals surface area contributed by atoms with Gasteiger partial charge in [0.15, 0.2) is 5.60 Å². The molecular formula is C21H17N2O4Y-. The number of methoxy groups -OCH3 is 1. The van der Waals surface area contributed by atoms with Crippen LogP contribution in [0.3, 0.4) is 0 Å². The summed E-state index contributed by atoms with van der Waals surface area (Å²) in [7, 11) is 1.47. The van der Waals surface area contributed by atoms with E-state index in [1.165, 1.54) is 7.11 Å². The molecule has 4 heterocycles. The number of para-hydroxylation sites is 1. The van der Waals surface area contributed by atoms with Crippen molar-refractivity contribution in [3.05, 3.63) is 63.4 Å². The van der Waals surface area contributed by atoms with Gasteiger partial charge in [0, 0.05) is 63.3 Å².